The Kier molecular flexibility index (Phi) is 6.46. The van der Waals surface area contributed by atoms with E-state index in [-0.39, 0.29) is 11.7 Å². The number of aromatic nitrogens is 3. The van der Waals surface area contributed by atoms with Crippen molar-refractivity contribution in [3.8, 4) is 11.4 Å². The van der Waals surface area contributed by atoms with Crippen molar-refractivity contribution in [2.75, 3.05) is 36.8 Å². The van der Waals surface area contributed by atoms with E-state index in [1.54, 1.807) is 12.4 Å². The Morgan fingerprint density at radius 3 is 2.45 bits per heavy atom. The summed E-state index contributed by atoms with van der Waals surface area (Å²) >= 11 is 1.40. The highest BCUT2D eigenvalue weighted by Gasteiger charge is 2.23. The van der Waals surface area contributed by atoms with Gasteiger partial charge in [0.05, 0.1) is 11.4 Å². The molecule has 1 N–H and O–H groups in total. The lowest BCUT2D eigenvalue weighted by molar-refractivity contribution is -0.128. The van der Waals surface area contributed by atoms with E-state index in [4.69, 9.17) is 0 Å². The molecule has 0 aliphatic carbocycles. The molecule has 2 heterocycles. The molecule has 1 aliphatic rings. The van der Waals surface area contributed by atoms with Gasteiger partial charge in [-0.1, -0.05) is 49.9 Å². The summed E-state index contributed by atoms with van der Waals surface area (Å²) in [7, 11) is 0. The maximum Gasteiger partial charge on any atom is 0.233 e. The van der Waals surface area contributed by atoms with Crippen molar-refractivity contribution in [1.29, 1.82) is 0 Å². The summed E-state index contributed by atoms with van der Waals surface area (Å²) in [5.74, 6) is 1.16. The van der Waals surface area contributed by atoms with Crippen LogP contribution >= 0.6 is 11.8 Å². The molecule has 162 valence electrons. The van der Waals surface area contributed by atoms with Crippen molar-refractivity contribution in [3.05, 3.63) is 60.4 Å². The zero-order chi connectivity index (χ0) is 21.8. The minimum Gasteiger partial charge on any atom is -0.506 e. The van der Waals surface area contributed by atoms with Gasteiger partial charge in [-0.15, -0.1) is 10.2 Å². The molecule has 0 atom stereocenters. The van der Waals surface area contributed by atoms with Crippen molar-refractivity contribution in [3.63, 3.8) is 0 Å². The third-order valence-electron chi connectivity index (χ3n) is 5.53. The Morgan fingerprint density at radius 2 is 1.77 bits per heavy atom. The first-order chi connectivity index (χ1) is 15.0. The van der Waals surface area contributed by atoms with Crippen LogP contribution in [0.25, 0.3) is 5.69 Å². The number of aromatic hydroxyl groups is 1. The first-order valence-electron chi connectivity index (χ1n) is 10.5. The summed E-state index contributed by atoms with van der Waals surface area (Å²) in [4.78, 5) is 16.7. The van der Waals surface area contributed by atoms with E-state index in [9.17, 15) is 9.90 Å². The Morgan fingerprint density at radius 1 is 1.06 bits per heavy atom. The van der Waals surface area contributed by atoms with Crippen LogP contribution in [-0.2, 0) is 4.79 Å². The number of thioether (sulfide) groups is 1. The molecule has 8 heteroatoms. The molecule has 1 fully saturated rings. The molecule has 31 heavy (non-hydrogen) atoms. The topological polar surface area (TPSA) is 74.5 Å². The van der Waals surface area contributed by atoms with Gasteiger partial charge < -0.3 is 14.9 Å². The van der Waals surface area contributed by atoms with E-state index in [1.807, 2.05) is 27.7 Å². The second-order valence-electron chi connectivity index (χ2n) is 7.87. The smallest absolute Gasteiger partial charge is 0.233 e. The Hall–Kier alpha value is -3.00. The predicted octanol–water partition coefficient (Wildman–Crippen LogP) is 3.54. The number of amides is 1. The van der Waals surface area contributed by atoms with Crippen molar-refractivity contribution in [2.24, 2.45) is 0 Å². The van der Waals surface area contributed by atoms with Crippen LogP contribution in [0.15, 0.2) is 60.0 Å². The number of carbonyl (C=O) groups is 1. The molecule has 1 saturated heterocycles. The Balaban J connectivity index is 1.33. The fraction of sp³-hybridized carbons (Fsp3) is 0.348. The summed E-state index contributed by atoms with van der Waals surface area (Å²) in [6.45, 7) is 7.01. The standard InChI is InChI=1S/C23H27N5O2S/c1-17(2)18-7-9-19(10-8-18)28-16-24-25-23(28)31-15-22(30)27-13-11-26(12-14-27)20-5-3-4-6-21(20)29/h3-10,16-17,29H,11-15H2,1-2H3. The van der Waals surface area contributed by atoms with Crippen LogP contribution in [0.2, 0.25) is 0 Å². The highest BCUT2D eigenvalue weighted by molar-refractivity contribution is 7.99. The molecule has 0 radical (unpaired) electrons. The number of benzene rings is 2. The van der Waals surface area contributed by atoms with Gasteiger partial charge in [-0.25, -0.2) is 0 Å². The number of anilines is 1. The number of rotatable bonds is 6. The Bertz CT molecular complexity index is 1030. The molecule has 3 aromatic rings. The van der Waals surface area contributed by atoms with Gasteiger partial charge >= 0.3 is 0 Å². The predicted molar refractivity (Wildman–Crippen MR) is 123 cm³/mol. The van der Waals surface area contributed by atoms with E-state index in [0.29, 0.717) is 43.0 Å². The third kappa shape index (κ3) is 4.85. The maximum absolute atomic E-state index is 12.8. The first kappa shape index (κ1) is 21.2. The molecule has 0 bridgehead atoms. The van der Waals surface area contributed by atoms with Gasteiger partial charge in [0.15, 0.2) is 5.16 Å². The van der Waals surface area contributed by atoms with E-state index >= 15 is 0 Å². The van der Waals surface area contributed by atoms with Crippen LogP contribution in [0, 0.1) is 0 Å². The monoisotopic (exact) mass is 437 g/mol. The van der Waals surface area contributed by atoms with Crippen LogP contribution in [0.4, 0.5) is 5.69 Å². The lowest BCUT2D eigenvalue weighted by atomic mass is 10.0. The summed E-state index contributed by atoms with van der Waals surface area (Å²) in [6, 6.07) is 15.7. The number of nitrogens with zero attached hydrogens (tertiary/aromatic N) is 5. The molecule has 0 spiro atoms. The number of para-hydroxylation sites is 2. The van der Waals surface area contributed by atoms with Crippen LogP contribution in [0.1, 0.15) is 25.3 Å². The van der Waals surface area contributed by atoms with Crippen LogP contribution in [0.3, 0.4) is 0 Å². The van der Waals surface area contributed by atoms with Crippen molar-refractivity contribution in [2.45, 2.75) is 24.9 Å². The fourth-order valence-corrected chi connectivity index (χ4v) is 4.50. The molecule has 0 unspecified atom stereocenters. The van der Waals surface area contributed by atoms with Gasteiger partial charge in [-0.2, -0.15) is 0 Å². The van der Waals surface area contributed by atoms with E-state index in [0.717, 1.165) is 11.4 Å². The number of carbonyl (C=O) groups excluding carboxylic acids is 1. The number of piperazine rings is 1. The van der Waals surface area contributed by atoms with E-state index in [1.165, 1.54) is 17.3 Å². The average Bonchev–Trinajstić information content (AvgIpc) is 3.26. The zero-order valence-electron chi connectivity index (χ0n) is 17.8. The zero-order valence-corrected chi connectivity index (χ0v) is 18.6. The number of phenols is 1. The van der Waals surface area contributed by atoms with Crippen molar-refractivity contribution >= 4 is 23.4 Å². The minimum atomic E-state index is 0.0895. The SMILES string of the molecule is CC(C)c1ccc(-n2cnnc2SCC(=O)N2CCN(c3ccccc3O)CC2)cc1. The first-order valence-corrected chi connectivity index (χ1v) is 11.5. The van der Waals surface area contributed by atoms with Crippen molar-refractivity contribution < 1.29 is 9.90 Å². The van der Waals surface area contributed by atoms with E-state index < -0.39 is 0 Å². The Labute approximate surface area is 186 Å². The number of hydrogen-bond donors (Lipinski definition) is 1. The van der Waals surface area contributed by atoms with E-state index in [2.05, 4.69) is 53.2 Å². The molecule has 0 saturated carbocycles. The maximum atomic E-state index is 12.8. The summed E-state index contributed by atoms with van der Waals surface area (Å²) < 4.78 is 1.91. The number of hydrogen-bond acceptors (Lipinski definition) is 6. The molecular formula is C23H27N5O2S. The second kappa shape index (κ2) is 9.43. The molecule has 4 rings (SSSR count). The lowest BCUT2D eigenvalue weighted by Crippen LogP contribution is -2.49. The molecule has 7 nitrogen and oxygen atoms in total. The highest BCUT2D eigenvalue weighted by atomic mass is 32.2. The molecular weight excluding hydrogens is 410 g/mol. The number of phenolic OH excluding ortho intramolecular Hbond substituents is 1. The van der Waals surface area contributed by atoms with Crippen molar-refractivity contribution in [1.82, 2.24) is 19.7 Å². The fourth-order valence-electron chi connectivity index (χ4n) is 3.67. The van der Waals surface area contributed by atoms with Gasteiger partial charge in [-0.3, -0.25) is 9.36 Å². The van der Waals surface area contributed by atoms with Gasteiger partial charge in [0.2, 0.25) is 5.91 Å². The summed E-state index contributed by atoms with van der Waals surface area (Å²) in [6.07, 6.45) is 1.68. The minimum absolute atomic E-state index is 0.0895. The second-order valence-corrected chi connectivity index (χ2v) is 8.82. The van der Waals surface area contributed by atoms with Gasteiger partial charge in [0.25, 0.3) is 0 Å². The van der Waals surface area contributed by atoms with Gasteiger partial charge in [0.1, 0.15) is 12.1 Å². The van der Waals surface area contributed by atoms with Crippen LogP contribution in [-0.4, -0.2) is 62.6 Å². The van der Waals surface area contributed by atoms with Crippen LogP contribution < -0.4 is 4.90 Å². The average molecular weight is 438 g/mol. The molecule has 1 aliphatic heterocycles. The molecule has 1 amide bonds. The molecule has 2 aromatic carbocycles. The quantitative estimate of drug-likeness (QED) is 0.595. The third-order valence-corrected chi connectivity index (χ3v) is 6.46. The van der Waals surface area contributed by atoms with Gasteiger partial charge in [-0.05, 0) is 35.7 Å². The normalized spacial score (nSPS) is 14.3. The highest BCUT2D eigenvalue weighted by Crippen LogP contribution is 2.27. The summed E-state index contributed by atoms with van der Waals surface area (Å²) in [5.41, 5.74) is 3.09. The van der Waals surface area contributed by atoms with Gasteiger partial charge in [0, 0.05) is 31.9 Å². The largest absolute Gasteiger partial charge is 0.506 e. The summed E-state index contributed by atoms with van der Waals surface area (Å²) in [5, 5.41) is 19.0. The molecule has 1 aromatic heterocycles. The lowest BCUT2D eigenvalue weighted by Gasteiger charge is -2.36. The van der Waals surface area contributed by atoms with Crippen LogP contribution in [0.5, 0.6) is 5.75 Å².